The third-order valence-corrected chi connectivity index (χ3v) is 3.98. The number of aryl methyl sites for hydroxylation is 1. The smallest absolute Gasteiger partial charge is 0.415 e. The van der Waals surface area contributed by atoms with Crippen LogP contribution in [0.1, 0.15) is 33.1 Å². The van der Waals surface area contributed by atoms with E-state index in [1.807, 2.05) is 35.2 Å². The maximum absolute atomic E-state index is 12.3. The molecule has 0 aliphatic carbocycles. The first-order valence-corrected chi connectivity index (χ1v) is 6.90. The zero-order valence-corrected chi connectivity index (χ0v) is 14.2. The Bertz CT molecular complexity index is 417. The van der Waals surface area contributed by atoms with Gasteiger partial charge >= 0.3 is 6.03 Å². The Hall–Kier alpha value is -0.590. The Morgan fingerprint density at radius 3 is 2.63 bits per heavy atom. The number of amides is 1. The zero-order chi connectivity index (χ0) is 13.1. The predicted molar refractivity (Wildman–Crippen MR) is 70.2 cm³/mol. The Balaban J connectivity index is 0.00000180. The van der Waals surface area contributed by atoms with Crippen LogP contribution in [0.5, 0.6) is 0 Å². The number of halogens is 1. The van der Waals surface area contributed by atoms with Gasteiger partial charge in [0.25, 0.3) is 6.33 Å². The minimum atomic E-state index is 0. The van der Waals surface area contributed by atoms with Gasteiger partial charge in [0.1, 0.15) is 12.4 Å². The molecule has 5 heteroatoms. The van der Waals surface area contributed by atoms with E-state index < -0.39 is 0 Å². The van der Waals surface area contributed by atoms with Crippen LogP contribution in [0.2, 0.25) is 0 Å². The number of hydrogen-bond acceptors (Lipinski definition) is 1. The summed E-state index contributed by atoms with van der Waals surface area (Å²) in [6.07, 6.45) is 9.06. The minimum Gasteiger partial charge on any atom is -1.00 e. The lowest BCUT2D eigenvalue weighted by molar-refractivity contribution is -0.670. The normalized spacial score (nSPS) is 20.0. The summed E-state index contributed by atoms with van der Waals surface area (Å²) in [6, 6.07) is 0.111. The van der Waals surface area contributed by atoms with E-state index in [4.69, 9.17) is 0 Å². The highest BCUT2D eigenvalue weighted by Gasteiger charge is 2.25. The van der Waals surface area contributed by atoms with E-state index in [1.54, 1.807) is 4.57 Å². The molecule has 1 aromatic rings. The second kappa shape index (κ2) is 7.26. The van der Waals surface area contributed by atoms with Crippen molar-refractivity contribution < 1.29 is 33.3 Å². The van der Waals surface area contributed by atoms with Crippen LogP contribution in [0.4, 0.5) is 4.79 Å². The quantitative estimate of drug-likeness (QED) is 0.458. The van der Waals surface area contributed by atoms with Crippen molar-refractivity contribution in [1.82, 2.24) is 9.47 Å². The highest BCUT2D eigenvalue weighted by molar-refractivity contribution is 5.76. The zero-order valence-electron chi connectivity index (χ0n) is 12.1. The molecule has 0 aromatic carbocycles. The molecule has 1 fully saturated rings. The molecule has 1 aliphatic heterocycles. The van der Waals surface area contributed by atoms with Gasteiger partial charge < -0.3 is 28.9 Å². The fourth-order valence-electron chi connectivity index (χ4n) is 2.71. The number of aromatic nitrogens is 2. The largest absolute Gasteiger partial charge is 1.00 e. The molecular weight excluding hydrogens is 353 g/mol. The molecule has 1 saturated heterocycles. The van der Waals surface area contributed by atoms with E-state index in [2.05, 4.69) is 13.8 Å². The fraction of sp³-hybridized carbons (Fsp3) is 0.714. The van der Waals surface area contributed by atoms with Crippen LogP contribution in [-0.2, 0) is 7.05 Å². The van der Waals surface area contributed by atoms with Gasteiger partial charge in [-0.2, -0.15) is 4.57 Å². The Morgan fingerprint density at radius 2 is 2.05 bits per heavy atom. The van der Waals surface area contributed by atoms with Crippen LogP contribution < -0.4 is 28.5 Å². The summed E-state index contributed by atoms with van der Waals surface area (Å²) >= 11 is 0. The molecule has 0 N–H and O–H groups in total. The summed E-state index contributed by atoms with van der Waals surface area (Å²) in [4.78, 5) is 14.3. The average molecular weight is 377 g/mol. The maximum Gasteiger partial charge on any atom is 0.415 e. The molecule has 0 radical (unpaired) electrons. The maximum atomic E-state index is 12.3. The van der Waals surface area contributed by atoms with Gasteiger partial charge in [-0.15, -0.1) is 0 Å². The fourth-order valence-corrected chi connectivity index (χ4v) is 2.71. The summed E-state index contributed by atoms with van der Waals surface area (Å²) in [5.41, 5.74) is 0. The molecule has 0 bridgehead atoms. The molecule has 0 saturated carbocycles. The molecule has 1 aromatic heterocycles. The number of imidazole rings is 1. The van der Waals surface area contributed by atoms with Gasteiger partial charge in [0.05, 0.1) is 7.05 Å². The van der Waals surface area contributed by atoms with Crippen molar-refractivity contribution in [1.29, 1.82) is 0 Å². The highest BCUT2D eigenvalue weighted by atomic mass is 127. The van der Waals surface area contributed by atoms with Crippen molar-refractivity contribution in [3.05, 3.63) is 18.7 Å². The van der Waals surface area contributed by atoms with Gasteiger partial charge in [0, 0.05) is 13.1 Å². The first-order chi connectivity index (χ1) is 8.58. The molecule has 1 aliphatic rings. The van der Waals surface area contributed by atoms with Crippen molar-refractivity contribution in [2.45, 2.75) is 33.1 Å². The Morgan fingerprint density at radius 1 is 1.32 bits per heavy atom. The molecule has 1 unspecified atom stereocenters. The molecule has 1 amide bonds. The van der Waals surface area contributed by atoms with Crippen LogP contribution in [-0.4, -0.2) is 28.6 Å². The third-order valence-electron chi connectivity index (χ3n) is 3.98. The summed E-state index contributed by atoms with van der Waals surface area (Å²) in [6.45, 7) is 6.36. The molecule has 2 heterocycles. The van der Waals surface area contributed by atoms with Gasteiger partial charge in [0.2, 0.25) is 0 Å². The first-order valence-electron chi connectivity index (χ1n) is 6.90. The standard InChI is InChI=1S/C14H24N3O.HI/c1-12(2)13-5-4-7-16(8-6-13)14(18)17-10-9-15(3)11-17;/h9-13H,4-8H2,1-3H3;1H/q+1;/p-1. The summed E-state index contributed by atoms with van der Waals surface area (Å²) in [5.74, 6) is 1.49. The van der Waals surface area contributed by atoms with E-state index >= 15 is 0 Å². The molecule has 2 rings (SSSR count). The predicted octanol–water partition coefficient (Wildman–Crippen LogP) is -0.957. The van der Waals surface area contributed by atoms with Crippen LogP contribution in [0.25, 0.3) is 0 Å². The van der Waals surface area contributed by atoms with E-state index in [-0.39, 0.29) is 30.0 Å². The van der Waals surface area contributed by atoms with Crippen LogP contribution in [0.15, 0.2) is 18.7 Å². The number of likely N-dealkylation sites (tertiary alicyclic amines) is 1. The molecule has 19 heavy (non-hydrogen) atoms. The minimum absolute atomic E-state index is 0. The van der Waals surface area contributed by atoms with Gasteiger partial charge in [-0.05, 0) is 31.1 Å². The topological polar surface area (TPSA) is 29.1 Å². The number of carbonyl (C=O) groups excluding carboxylic acids is 1. The van der Waals surface area contributed by atoms with Crippen molar-refractivity contribution in [3.8, 4) is 0 Å². The van der Waals surface area contributed by atoms with Gasteiger partial charge in [-0.1, -0.05) is 13.8 Å². The number of hydrogen-bond donors (Lipinski definition) is 0. The Labute approximate surface area is 132 Å². The number of rotatable bonds is 1. The number of carbonyl (C=O) groups is 1. The van der Waals surface area contributed by atoms with Crippen LogP contribution in [0.3, 0.4) is 0 Å². The number of nitrogens with zero attached hydrogens (tertiary/aromatic N) is 3. The second-order valence-electron chi connectivity index (χ2n) is 5.69. The van der Waals surface area contributed by atoms with Gasteiger partial charge in [-0.25, -0.2) is 9.36 Å². The van der Waals surface area contributed by atoms with Crippen molar-refractivity contribution in [2.24, 2.45) is 18.9 Å². The molecule has 108 valence electrons. The SMILES string of the molecule is CC(C)C1CCCN(C(=O)n2cc[n+](C)c2)CC1.[I-]. The summed E-state index contributed by atoms with van der Waals surface area (Å²) < 4.78 is 3.57. The third kappa shape index (κ3) is 4.19. The van der Waals surface area contributed by atoms with Crippen LogP contribution in [0, 0.1) is 11.8 Å². The highest BCUT2D eigenvalue weighted by Crippen LogP contribution is 2.24. The van der Waals surface area contributed by atoms with E-state index in [9.17, 15) is 4.79 Å². The molecule has 4 nitrogen and oxygen atoms in total. The van der Waals surface area contributed by atoms with E-state index in [1.165, 1.54) is 6.42 Å². The van der Waals surface area contributed by atoms with Crippen molar-refractivity contribution in [3.63, 3.8) is 0 Å². The van der Waals surface area contributed by atoms with Gasteiger partial charge in [-0.3, -0.25) is 0 Å². The van der Waals surface area contributed by atoms with Crippen molar-refractivity contribution >= 4 is 6.03 Å². The first kappa shape index (κ1) is 16.5. The average Bonchev–Trinajstić information content (AvgIpc) is 2.63. The van der Waals surface area contributed by atoms with E-state index in [0.29, 0.717) is 0 Å². The summed E-state index contributed by atoms with van der Waals surface area (Å²) in [7, 11) is 1.93. The Kier molecular flexibility index (Phi) is 6.29. The second-order valence-corrected chi connectivity index (χ2v) is 5.69. The lowest BCUT2D eigenvalue weighted by Crippen LogP contribution is -3.00. The van der Waals surface area contributed by atoms with Gasteiger partial charge in [0.15, 0.2) is 0 Å². The van der Waals surface area contributed by atoms with Crippen molar-refractivity contribution in [2.75, 3.05) is 13.1 Å². The lowest BCUT2D eigenvalue weighted by atomic mass is 9.89. The molecule has 0 spiro atoms. The summed E-state index contributed by atoms with van der Waals surface area (Å²) in [5, 5.41) is 0. The lowest BCUT2D eigenvalue weighted by Gasteiger charge is -2.19. The van der Waals surface area contributed by atoms with Crippen LogP contribution >= 0.6 is 0 Å². The molecule has 1 atom stereocenters. The molecular formula is C14H24IN3O. The monoisotopic (exact) mass is 377 g/mol. The van der Waals surface area contributed by atoms with E-state index in [0.717, 1.165) is 37.8 Å².